The van der Waals surface area contributed by atoms with Crippen LogP contribution in [-0.2, 0) is 9.53 Å². The van der Waals surface area contributed by atoms with Crippen LogP contribution < -0.4 is 0 Å². The van der Waals surface area contributed by atoms with Gasteiger partial charge in [0.05, 0.1) is 12.5 Å². The van der Waals surface area contributed by atoms with Gasteiger partial charge in [0, 0.05) is 0 Å². The van der Waals surface area contributed by atoms with Crippen molar-refractivity contribution in [1.29, 1.82) is 0 Å². The molecule has 0 bridgehead atoms. The van der Waals surface area contributed by atoms with Crippen LogP contribution in [0.25, 0.3) is 0 Å². The molecule has 1 atom stereocenters. The molecule has 71 valence electrons. The highest BCUT2D eigenvalue weighted by Crippen LogP contribution is 2.09. The van der Waals surface area contributed by atoms with Gasteiger partial charge in [-0.15, -0.1) is 0 Å². The van der Waals surface area contributed by atoms with Crippen LogP contribution in [0.5, 0.6) is 0 Å². The van der Waals surface area contributed by atoms with Gasteiger partial charge in [-0.05, 0) is 18.8 Å². The molecule has 0 saturated heterocycles. The summed E-state index contributed by atoms with van der Waals surface area (Å²) in [6.07, 6.45) is 1.45. The third-order valence-electron chi connectivity index (χ3n) is 1.73. The topological polar surface area (TPSA) is 26.3 Å². The first-order valence-corrected chi connectivity index (χ1v) is 4.57. The molecule has 0 saturated carbocycles. The Morgan fingerprint density at radius 2 is 2.08 bits per heavy atom. The monoisotopic (exact) mass is 171 g/mol. The van der Waals surface area contributed by atoms with Crippen molar-refractivity contribution >= 4 is 5.97 Å². The summed E-state index contributed by atoms with van der Waals surface area (Å²) >= 11 is 0. The van der Waals surface area contributed by atoms with Gasteiger partial charge in [-0.2, -0.15) is 0 Å². The maximum Gasteiger partial charge on any atom is 0.308 e. The van der Waals surface area contributed by atoms with E-state index < -0.39 is 0 Å². The van der Waals surface area contributed by atoms with Gasteiger partial charge in [0.25, 0.3) is 0 Å². The fraction of sp³-hybridized carbons (Fsp3) is 0.800. The standard InChI is InChI=1S/C10H19O2/c1-5-9(6-2)10(11)12-7-8(3)4/h8-9H,1,5-7H2,2-4H3. The predicted octanol–water partition coefficient (Wildman–Crippen LogP) is 2.44. The maximum atomic E-state index is 11.2. The van der Waals surface area contributed by atoms with E-state index in [1.54, 1.807) is 0 Å². The van der Waals surface area contributed by atoms with Crippen LogP contribution in [-0.4, -0.2) is 12.6 Å². The van der Waals surface area contributed by atoms with Gasteiger partial charge in [-0.1, -0.05) is 27.7 Å². The average molecular weight is 171 g/mol. The summed E-state index contributed by atoms with van der Waals surface area (Å²) in [5, 5.41) is 0. The van der Waals surface area contributed by atoms with Crippen LogP contribution in [0.2, 0.25) is 0 Å². The molecule has 0 rings (SSSR count). The lowest BCUT2D eigenvalue weighted by Crippen LogP contribution is -2.18. The fourth-order valence-corrected chi connectivity index (χ4v) is 0.855. The van der Waals surface area contributed by atoms with Gasteiger partial charge in [0.2, 0.25) is 0 Å². The summed E-state index contributed by atoms with van der Waals surface area (Å²) < 4.78 is 5.07. The highest BCUT2D eigenvalue weighted by Gasteiger charge is 2.15. The van der Waals surface area contributed by atoms with Crippen LogP contribution >= 0.6 is 0 Å². The van der Waals surface area contributed by atoms with Crippen molar-refractivity contribution in [2.75, 3.05) is 6.61 Å². The van der Waals surface area contributed by atoms with E-state index in [9.17, 15) is 4.79 Å². The second kappa shape index (κ2) is 6.04. The van der Waals surface area contributed by atoms with Crippen molar-refractivity contribution < 1.29 is 9.53 Å². The summed E-state index contributed by atoms with van der Waals surface area (Å²) in [6, 6.07) is 0. The first-order valence-electron chi connectivity index (χ1n) is 4.57. The normalized spacial score (nSPS) is 10.8. The van der Waals surface area contributed by atoms with Crippen molar-refractivity contribution in [3.8, 4) is 0 Å². The van der Waals surface area contributed by atoms with Gasteiger partial charge in [0.15, 0.2) is 0 Å². The Labute approximate surface area is 75.3 Å². The van der Waals surface area contributed by atoms with E-state index in [2.05, 4.69) is 6.92 Å². The zero-order valence-electron chi connectivity index (χ0n) is 8.30. The van der Waals surface area contributed by atoms with E-state index in [0.29, 0.717) is 18.9 Å². The van der Waals surface area contributed by atoms with Crippen LogP contribution in [0.3, 0.4) is 0 Å². The molecule has 1 unspecified atom stereocenters. The molecule has 2 heteroatoms. The molecule has 0 aliphatic rings. The number of rotatable bonds is 5. The number of esters is 1. The third kappa shape index (κ3) is 4.37. The first kappa shape index (κ1) is 11.5. The van der Waals surface area contributed by atoms with Crippen LogP contribution in [0.4, 0.5) is 0 Å². The average Bonchev–Trinajstić information content (AvgIpc) is 2.03. The van der Waals surface area contributed by atoms with E-state index in [-0.39, 0.29) is 11.9 Å². The molecule has 0 aromatic rings. The molecule has 0 aromatic heterocycles. The van der Waals surface area contributed by atoms with Crippen molar-refractivity contribution in [3.05, 3.63) is 6.92 Å². The third-order valence-corrected chi connectivity index (χ3v) is 1.73. The lowest BCUT2D eigenvalue weighted by molar-refractivity contribution is -0.149. The molecule has 0 aliphatic heterocycles. The molecular formula is C10H19O2. The fourth-order valence-electron chi connectivity index (χ4n) is 0.855. The second-order valence-electron chi connectivity index (χ2n) is 3.42. The van der Waals surface area contributed by atoms with Crippen molar-refractivity contribution in [2.45, 2.75) is 33.6 Å². The molecule has 0 fully saturated rings. The Bertz CT molecular complexity index is 126. The molecule has 0 amide bonds. The summed E-state index contributed by atoms with van der Waals surface area (Å²) in [5.74, 6) is 0.307. The van der Waals surface area contributed by atoms with E-state index >= 15 is 0 Å². The van der Waals surface area contributed by atoms with E-state index in [1.807, 2.05) is 20.8 Å². The Morgan fingerprint density at radius 1 is 1.50 bits per heavy atom. The molecule has 12 heavy (non-hydrogen) atoms. The number of hydrogen-bond donors (Lipinski definition) is 0. The zero-order valence-corrected chi connectivity index (χ0v) is 8.30. The second-order valence-corrected chi connectivity index (χ2v) is 3.42. The van der Waals surface area contributed by atoms with Gasteiger partial charge in [0.1, 0.15) is 0 Å². The minimum absolute atomic E-state index is 0.0104. The van der Waals surface area contributed by atoms with Crippen LogP contribution in [0, 0.1) is 18.8 Å². The largest absolute Gasteiger partial charge is 0.465 e. The maximum absolute atomic E-state index is 11.2. The number of hydrogen-bond acceptors (Lipinski definition) is 2. The van der Waals surface area contributed by atoms with E-state index in [4.69, 9.17) is 4.74 Å². The summed E-state index contributed by atoms with van der Waals surface area (Å²) in [4.78, 5) is 11.2. The zero-order chi connectivity index (χ0) is 9.56. The Kier molecular flexibility index (Phi) is 5.77. The highest BCUT2D eigenvalue weighted by molar-refractivity contribution is 5.72. The van der Waals surface area contributed by atoms with Crippen LogP contribution in [0.15, 0.2) is 0 Å². The Morgan fingerprint density at radius 3 is 2.42 bits per heavy atom. The van der Waals surface area contributed by atoms with E-state index in [0.717, 1.165) is 6.42 Å². The van der Waals surface area contributed by atoms with Crippen molar-refractivity contribution in [1.82, 2.24) is 0 Å². The van der Waals surface area contributed by atoms with Crippen molar-refractivity contribution in [2.24, 2.45) is 11.8 Å². The minimum Gasteiger partial charge on any atom is -0.465 e. The Hall–Kier alpha value is -0.530. The number of ether oxygens (including phenoxy) is 1. The summed E-state index contributed by atoms with van der Waals surface area (Å²) in [6.45, 7) is 10.3. The van der Waals surface area contributed by atoms with Gasteiger partial charge in [-0.3, -0.25) is 4.79 Å². The molecule has 0 aromatic carbocycles. The molecule has 1 radical (unpaired) electrons. The lowest BCUT2D eigenvalue weighted by Gasteiger charge is -2.12. The quantitative estimate of drug-likeness (QED) is 0.594. The molecule has 0 spiro atoms. The lowest BCUT2D eigenvalue weighted by atomic mass is 10.0. The molecule has 2 nitrogen and oxygen atoms in total. The summed E-state index contributed by atoms with van der Waals surface area (Å²) in [5.41, 5.74) is 0. The minimum atomic E-state index is -0.0961. The van der Waals surface area contributed by atoms with Gasteiger partial charge >= 0.3 is 5.97 Å². The number of carbonyl (C=O) groups excluding carboxylic acids is 1. The summed E-state index contributed by atoms with van der Waals surface area (Å²) in [7, 11) is 0. The van der Waals surface area contributed by atoms with Gasteiger partial charge < -0.3 is 4.74 Å². The van der Waals surface area contributed by atoms with Crippen LogP contribution in [0.1, 0.15) is 33.6 Å². The molecule has 0 N–H and O–H groups in total. The molecule has 0 heterocycles. The van der Waals surface area contributed by atoms with Gasteiger partial charge in [-0.25, -0.2) is 0 Å². The SMILES string of the molecule is [CH2]CC(CC)C(=O)OCC(C)C. The number of carbonyl (C=O) groups is 1. The predicted molar refractivity (Wildman–Crippen MR) is 49.6 cm³/mol. The van der Waals surface area contributed by atoms with E-state index in [1.165, 1.54) is 0 Å². The highest BCUT2D eigenvalue weighted by atomic mass is 16.5. The Balaban J connectivity index is 3.69. The van der Waals surface area contributed by atoms with Crippen molar-refractivity contribution in [3.63, 3.8) is 0 Å². The first-order chi connectivity index (χ1) is 5.61. The molecule has 0 aliphatic carbocycles. The molecular weight excluding hydrogens is 152 g/mol. The smallest absolute Gasteiger partial charge is 0.308 e.